The molecule has 0 aliphatic carbocycles. The normalized spacial score (nSPS) is 28.9. The molecular weight excluding hydrogens is 274 g/mol. The Kier molecular flexibility index (Phi) is 5.45. The van der Waals surface area contributed by atoms with E-state index in [9.17, 15) is 8.42 Å². The van der Waals surface area contributed by atoms with Crippen LogP contribution in [0.5, 0.6) is 0 Å². The van der Waals surface area contributed by atoms with Crippen molar-refractivity contribution < 1.29 is 8.42 Å². The number of likely N-dealkylation sites (N-methyl/N-ethyl adjacent to an activating group) is 1. The summed E-state index contributed by atoms with van der Waals surface area (Å²) in [5.41, 5.74) is 0. The molecule has 0 aromatic carbocycles. The molecule has 0 radical (unpaired) electrons. The number of piperidine rings is 1. The highest BCUT2D eigenvalue weighted by molar-refractivity contribution is 7.89. The fourth-order valence-corrected chi connectivity index (χ4v) is 4.47. The van der Waals surface area contributed by atoms with Crippen molar-refractivity contribution in [2.45, 2.75) is 32.7 Å². The molecule has 2 aliphatic rings. The van der Waals surface area contributed by atoms with E-state index in [1.165, 1.54) is 0 Å². The second kappa shape index (κ2) is 6.73. The minimum absolute atomic E-state index is 0.229. The molecule has 0 aromatic rings. The first kappa shape index (κ1) is 16.2. The Morgan fingerprint density at radius 1 is 1.10 bits per heavy atom. The predicted molar refractivity (Wildman–Crippen MR) is 82.3 cm³/mol. The number of nitrogens with zero attached hydrogens (tertiary/aromatic N) is 3. The molecule has 0 unspecified atom stereocenters. The van der Waals surface area contributed by atoms with Crippen LogP contribution in [0, 0.1) is 5.92 Å². The minimum Gasteiger partial charge on any atom is -0.304 e. The zero-order chi connectivity index (χ0) is 14.8. The Balaban J connectivity index is 1.80. The lowest BCUT2D eigenvalue weighted by molar-refractivity contribution is 0.0750. The van der Waals surface area contributed by atoms with Crippen molar-refractivity contribution in [3.8, 4) is 0 Å². The first-order valence-corrected chi connectivity index (χ1v) is 9.43. The van der Waals surface area contributed by atoms with Crippen LogP contribution in [0.25, 0.3) is 0 Å². The Morgan fingerprint density at radius 2 is 1.75 bits per heavy atom. The second-order valence-electron chi connectivity index (χ2n) is 6.35. The van der Waals surface area contributed by atoms with Gasteiger partial charge in [-0.1, -0.05) is 0 Å². The van der Waals surface area contributed by atoms with E-state index in [1.807, 2.05) is 0 Å². The fraction of sp³-hybridized carbons (Fsp3) is 1.00. The molecular formula is C14H29N3O2S. The first-order valence-electron chi connectivity index (χ1n) is 7.82. The van der Waals surface area contributed by atoms with Crippen molar-refractivity contribution in [2.24, 2.45) is 5.92 Å². The highest BCUT2D eigenvalue weighted by atomic mass is 32.2. The molecule has 2 aliphatic heterocycles. The number of sulfonamides is 1. The molecule has 2 saturated heterocycles. The van der Waals surface area contributed by atoms with E-state index in [-0.39, 0.29) is 5.75 Å². The number of hydrogen-bond acceptors (Lipinski definition) is 4. The van der Waals surface area contributed by atoms with Gasteiger partial charge in [0, 0.05) is 45.3 Å². The van der Waals surface area contributed by atoms with Gasteiger partial charge in [-0.25, -0.2) is 12.7 Å². The van der Waals surface area contributed by atoms with Gasteiger partial charge in [0.25, 0.3) is 0 Å². The fourth-order valence-electron chi connectivity index (χ4n) is 3.33. The summed E-state index contributed by atoms with van der Waals surface area (Å²) in [6.07, 6.45) is 2.02. The zero-order valence-electron chi connectivity index (χ0n) is 13.1. The summed E-state index contributed by atoms with van der Waals surface area (Å²) in [6, 6.07) is 0.617. The van der Waals surface area contributed by atoms with Gasteiger partial charge in [0.2, 0.25) is 10.0 Å². The highest BCUT2D eigenvalue weighted by Gasteiger charge is 2.29. The van der Waals surface area contributed by atoms with Gasteiger partial charge in [-0.05, 0) is 39.7 Å². The van der Waals surface area contributed by atoms with Crippen molar-refractivity contribution in [3.05, 3.63) is 0 Å². The van der Waals surface area contributed by atoms with Gasteiger partial charge in [-0.15, -0.1) is 0 Å². The quantitative estimate of drug-likeness (QED) is 0.766. The SMILES string of the molecule is CCS(=O)(=O)N1CCC(CN2CCN(C)C[C@H]2C)CC1. The summed E-state index contributed by atoms with van der Waals surface area (Å²) in [4.78, 5) is 4.96. The van der Waals surface area contributed by atoms with Crippen LogP contribution in [0.1, 0.15) is 26.7 Å². The van der Waals surface area contributed by atoms with Crippen LogP contribution >= 0.6 is 0 Å². The van der Waals surface area contributed by atoms with E-state index in [0.29, 0.717) is 25.0 Å². The average molecular weight is 303 g/mol. The molecule has 0 amide bonds. The summed E-state index contributed by atoms with van der Waals surface area (Å²) >= 11 is 0. The molecule has 2 fully saturated rings. The molecule has 0 spiro atoms. The standard InChI is InChI=1S/C14H29N3O2S/c1-4-20(18,19)17-7-5-14(6-8-17)12-16-10-9-15(3)11-13(16)2/h13-14H,4-12H2,1-3H3/t13-/m1/s1. The monoisotopic (exact) mass is 303 g/mol. The van der Waals surface area contributed by atoms with Crippen LogP contribution in [-0.4, -0.2) is 80.6 Å². The van der Waals surface area contributed by atoms with E-state index in [0.717, 1.165) is 39.0 Å². The Hall–Kier alpha value is -0.170. The third-order valence-electron chi connectivity index (χ3n) is 4.79. The molecule has 6 heteroatoms. The Labute approximate surface area is 124 Å². The molecule has 5 nitrogen and oxygen atoms in total. The largest absolute Gasteiger partial charge is 0.304 e. The highest BCUT2D eigenvalue weighted by Crippen LogP contribution is 2.22. The molecule has 1 atom stereocenters. The lowest BCUT2D eigenvalue weighted by Gasteiger charge is -2.41. The minimum atomic E-state index is -2.98. The average Bonchev–Trinajstić information content (AvgIpc) is 2.42. The summed E-state index contributed by atoms with van der Waals surface area (Å²) in [6.45, 7) is 10.0. The van der Waals surface area contributed by atoms with Crippen molar-refractivity contribution >= 4 is 10.0 Å². The first-order chi connectivity index (χ1) is 9.42. The topological polar surface area (TPSA) is 43.9 Å². The molecule has 0 saturated carbocycles. The summed E-state index contributed by atoms with van der Waals surface area (Å²) in [5, 5.41) is 0. The zero-order valence-corrected chi connectivity index (χ0v) is 13.9. The lowest BCUT2D eigenvalue weighted by atomic mass is 9.96. The van der Waals surface area contributed by atoms with Crippen LogP contribution in [0.15, 0.2) is 0 Å². The number of rotatable bonds is 4. The van der Waals surface area contributed by atoms with Crippen LogP contribution in [0.4, 0.5) is 0 Å². The Bertz CT molecular complexity index is 405. The van der Waals surface area contributed by atoms with Crippen molar-refractivity contribution in [1.29, 1.82) is 0 Å². The van der Waals surface area contributed by atoms with E-state index in [2.05, 4.69) is 23.8 Å². The van der Waals surface area contributed by atoms with Gasteiger partial charge < -0.3 is 4.90 Å². The van der Waals surface area contributed by atoms with Crippen LogP contribution in [-0.2, 0) is 10.0 Å². The third-order valence-corrected chi connectivity index (χ3v) is 6.67. The number of piperazine rings is 1. The van der Waals surface area contributed by atoms with Crippen molar-refractivity contribution in [3.63, 3.8) is 0 Å². The smallest absolute Gasteiger partial charge is 0.213 e. The molecule has 2 rings (SSSR count). The maximum Gasteiger partial charge on any atom is 0.213 e. The van der Waals surface area contributed by atoms with E-state index >= 15 is 0 Å². The molecule has 20 heavy (non-hydrogen) atoms. The molecule has 2 heterocycles. The maximum atomic E-state index is 11.8. The van der Waals surface area contributed by atoms with Gasteiger partial charge in [0.15, 0.2) is 0 Å². The molecule has 118 valence electrons. The molecule has 0 bridgehead atoms. The van der Waals surface area contributed by atoms with E-state index < -0.39 is 10.0 Å². The maximum absolute atomic E-state index is 11.8. The second-order valence-corrected chi connectivity index (χ2v) is 8.61. The van der Waals surface area contributed by atoms with Gasteiger partial charge in [-0.2, -0.15) is 0 Å². The van der Waals surface area contributed by atoms with Gasteiger partial charge in [-0.3, -0.25) is 4.90 Å². The molecule has 0 aromatic heterocycles. The van der Waals surface area contributed by atoms with Crippen LogP contribution < -0.4 is 0 Å². The van der Waals surface area contributed by atoms with E-state index in [1.54, 1.807) is 11.2 Å². The molecule has 0 N–H and O–H groups in total. The van der Waals surface area contributed by atoms with Crippen molar-refractivity contribution in [2.75, 3.05) is 52.1 Å². The summed E-state index contributed by atoms with van der Waals surface area (Å²) < 4.78 is 25.4. The lowest BCUT2D eigenvalue weighted by Crippen LogP contribution is -2.52. The van der Waals surface area contributed by atoms with Crippen LogP contribution in [0.2, 0.25) is 0 Å². The predicted octanol–water partition coefficient (Wildman–Crippen LogP) is 0.684. The van der Waals surface area contributed by atoms with Gasteiger partial charge >= 0.3 is 0 Å². The van der Waals surface area contributed by atoms with Crippen LogP contribution in [0.3, 0.4) is 0 Å². The Morgan fingerprint density at radius 3 is 2.30 bits per heavy atom. The van der Waals surface area contributed by atoms with Gasteiger partial charge in [0.05, 0.1) is 5.75 Å². The van der Waals surface area contributed by atoms with Gasteiger partial charge in [0.1, 0.15) is 0 Å². The summed E-state index contributed by atoms with van der Waals surface area (Å²) in [7, 11) is -0.800. The number of hydrogen-bond donors (Lipinski definition) is 0. The summed E-state index contributed by atoms with van der Waals surface area (Å²) in [5.74, 6) is 0.886. The third kappa shape index (κ3) is 3.93. The van der Waals surface area contributed by atoms with E-state index in [4.69, 9.17) is 0 Å². The van der Waals surface area contributed by atoms with Crippen molar-refractivity contribution in [1.82, 2.24) is 14.1 Å².